The number of anilines is 2. The summed E-state index contributed by atoms with van der Waals surface area (Å²) in [6.07, 6.45) is 0.0971. The lowest BCUT2D eigenvalue weighted by atomic mass is 10.1. The largest absolute Gasteiger partial charge is 0.441 e. The molecule has 2 N–H and O–H groups in total. The number of hydrogen-bond donors (Lipinski definition) is 2. The van der Waals surface area contributed by atoms with Crippen molar-refractivity contribution >= 4 is 39.8 Å². The predicted molar refractivity (Wildman–Crippen MR) is 130 cm³/mol. The summed E-state index contributed by atoms with van der Waals surface area (Å²) < 4.78 is 17.6. The molecule has 4 aromatic rings. The number of amides is 1. The zero-order valence-electron chi connectivity index (χ0n) is 18.1. The van der Waals surface area contributed by atoms with Crippen LogP contribution in [0.1, 0.15) is 0 Å². The van der Waals surface area contributed by atoms with E-state index < -0.39 is 12.2 Å². The van der Waals surface area contributed by atoms with E-state index >= 15 is 0 Å². The zero-order valence-corrected chi connectivity index (χ0v) is 18.9. The van der Waals surface area contributed by atoms with Crippen molar-refractivity contribution in [2.45, 2.75) is 24.4 Å². The highest BCUT2D eigenvalue weighted by Crippen LogP contribution is 2.31. The van der Waals surface area contributed by atoms with E-state index in [1.807, 2.05) is 66.0 Å². The van der Waals surface area contributed by atoms with Gasteiger partial charge in [-0.1, -0.05) is 42.5 Å². The van der Waals surface area contributed by atoms with E-state index in [9.17, 15) is 4.79 Å². The number of carbonyl (C=O) groups excluding carboxylic acids is 1. The van der Waals surface area contributed by atoms with Crippen LogP contribution in [0.5, 0.6) is 0 Å². The van der Waals surface area contributed by atoms with Crippen LogP contribution in [-0.2, 0) is 14.2 Å². The van der Waals surface area contributed by atoms with Crippen LogP contribution in [0, 0.1) is 0 Å². The number of ether oxygens (including phenoxy) is 3. The molecule has 9 heteroatoms. The molecule has 1 amide bonds. The maximum absolute atomic E-state index is 12.6. The maximum atomic E-state index is 12.6. The monoisotopic (exact) mass is 474 g/mol. The molecular weight excluding hydrogens is 452 g/mol. The summed E-state index contributed by atoms with van der Waals surface area (Å²) in [6, 6.07) is 19.4. The fourth-order valence-electron chi connectivity index (χ4n) is 4.46. The van der Waals surface area contributed by atoms with Crippen molar-refractivity contribution in [1.82, 2.24) is 9.97 Å². The van der Waals surface area contributed by atoms with Gasteiger partial charge < -0.3 is 19.5 Å². The number of aromatic nitrogens is 2. The summed E-state index contributed by atoms with van der Waals surface area (Å²) in [5, 5.41) is 10.2. The van der Waals surface area contributed by atoms with Crippen molar-refractivity contribution in [1.29, 1.82) is 0 Å². The SMILES string of the molecule is O=C(Nc1cccc2ccccc12)O[C@@H]1CO[C@H]2[C@@H]1OC[C@@H]2Nc1nccc(-c2cccs2)n1. The summed E-state index contributed by atoms with van der Waals surface area (Å²) in [6.45, 7) is 0.680. The number of hydrogen-bond acceptors (Lipinski definition) is 8. The Labute approximate surface area is 199 Å². The zero-order chi connectivity index (χ0) is 22.9. The highest BCUT2D eigenvalue weighted by molar-refractivity contribution is 7.13. The standard InChI is InChI=1S/C25H22N4O4S/c30-25(29-17-8-3-6-15-5-1-2-7-16(15)17)33-20-14-32-22-19(13-31-23(20)22)28-24-26-11-10-18(27-24)21-9-4-12-34-21/h1-12,19-20,22-23H,13-14H2,(H,29,30)(H,26,27,28)/t19-,20+,22+,23+/m0/s1. The minimum atomic E-state index is -0.530. The second-order valence-electron chi connectivity index (χ2n) is 8.18. The van der Waals surface area contributed by atoms with Gasteiger partial charge in [0.25, 0.3) is 0 Å². The molecule has 0 unspecified atom stereocenters. The lowest BCUT2D eigenvalue weighted by Gasteiger charge is -2.18. The molecule has 0 saturated carbocycles. The van der Waals surface area contributed by atoms with Crippen LogP contribution in [0.15, 0.2) is 72.2 Å². The number of carbonyl (C=O) groups is 1. The van der Waals surface area contributed by atoms with Gasteiger partial charge in [-0.05, 0) is 29.0 Å². The summed E-state index contributed by atoms with van der Waals surface area (Å²) in [4.78, 5) is 22.7. The van der Waals surface area contributed by atoms with Gasteiger partial charge in [0, 0.05) is 11.6 Å². The Hall–Kier alpha value is -3.53. The minimum absolute atomic E-state index is 0.140. The minimum Gasteiger partial charge on any atom is -0.441 e. The van der Waals surface area contributed by atoms with Crippen LogP contribution in [-0.4, -0.2) is 53.6 Å². The Morgan fingerprint density at radius 3 is 2.79 bits per heavy atom. The van der Waals surface area contributed by atoms with Gasteiger partial charge in [0.2, 0.25) is 5.95 Å². The second kappa shape index (κ2) is 9.02. The summed E-state index contributed by atoms with van der Waals surface area (Å²) in [5.74, 6) is 0.516. The highest BCUT2D eigenvalue weighted by Gasteiger charge is 2.49. The Morgan fingerprint density at radius 2 is 1.88 bits per heavy atom. The normalized spacial score (nSPS) is 23.5. The summed E-state index contributed by atoms with van der Waals surface area (Å²) >= 11 is 1.63. The predicted octanol–water partition coefficient (Wildman–Crippen LogP) is 4.55. The molecule has 2 fully saturated rings. The number of benzene rings is 2. The third-order valence-corrected chi connectivity index (χ3v) is 6.93. The fourth-order valence-corrected chi connectivity index (χ4v) is 5.15. The van der Waals surface area contributed by atoms with Gasteiger partial charge in [-0.3, -0.25) is 5.32 Å². The van der Waals surface area contributed by atoms with Crippen molar-refractivity contribution in [3.8, 4) is 10.6 Å². The number of thiophene rings is 1. The molecule has 2 aliphatic heterocycles. The smallest absolute Gasteiger partial charge is 0.412 e. The molecular formula is C25H22N4O4S. The average molecular weight is 475 g/mol. The molecule has 2 aromatic heterocycles. The fraction of sp³-hybridized carbons (Fsp3) is 0.240. The van der Waals surface area contributed by atoms with E-state index in [2.05, 4.69) is 20.6 Å². The van der Waals surface area contributed by atoms with Crippen molar-refractivity contribution in [2.75, 3.05) is 23.8 Å². The molecule has 2 saturated heterocycles. The Kier molecular flexibility index (Phi) is 5.58. The van der Waals surface area contributed by atoms with Gasteiger partial charge in [-0.2, -0.15) is 0 Å². The molecule has 2 aromatic carbocycles. The second-order valence-corrected chi connectivity index (χ2v) is 9.13. The van der Waals surface area contributed by atoms with Crippen molar-refractivity contribution < 1.29 is 19.0 Å². The highest BCUT2D eigenvalue weighted by atomic mass is 32.1. The van der Waals surface area contributed by atoms with Crippen molar-refractivity contribution in [2.24, 2.45) is 0 Å². The molecule has 0 spiro atoms. The molecule has 0 radical (unpaired) electrons. The van der Waals surface area contributed by atoms with Gasteiger partial charge in [-0.25, -0.2) is 14.8 Å². The molecule has 8 nitrogen and oxygen atoms in total. The molecule has 172 valence electrons. The molecule has 34 heavy (non-hydrogen) atoms. The van der Waals surface area contributed by atoms with Gasteiger partial charge in [-0.15, -0.1) is 11.3 Å². The molecule has 0 aliphatic carbocycles. The van der Waals surface area contributed by atoms with E-state index in [-0.39, 0.29) is 24.9 Å². The van der Waals surface area contributed by atoms with Crippen LogP contribution in [0.25, 0.3) is 21.3 Å². The van der Waals surface area contributed by atoms with E-state index in [1.54, 1.807) is 17.5 Å². The first-order valence-corrected chi connectivity index (χ1v) is 11.9. The summed E-state index contributed by atoms with van der Waals surface area (Å²) in [5.41, 5.74) is 1.56. The van der Waals surface area contributed by atoms with Gasteiger partial charge in [0.1, 0.15) is 12.2 Å². The molecule has 4 heterocycles. The first kappa shape index (κ1) is 21.0. The molecule has 2 aliphatic rings. The first-order chi connectivity index (χ1) is 16.7. The molecule has 4 atom stereocenters. The van der Waals surface area contributed by atoms with Gasteiger partial charge in [0.15, 0.2) is 6.10 Å². The third kappa shape index (κ3) is 4.09. The van der Waals surface area contributed by atoms with Crippen LogP contribution in [0.3, 0.4) is 0 Å². The lowest BCUT2D eigenvalue weighted by Crippen LogP contribution is -2.38. The third-order valence-electron chi connectivity index (χ3n) is 6.04. The van der Waals surface area contributed by atoms with Gasteiger partial charge in [0.05, 0.1) is 35.5 Å². The lowest BCUT2D eigenvalue weighted by molar-refractivity contribution is 0.00917. The van der Waals surface area contributed by atoms with Crippen LogP contribution in [0.2, 0.25) is 0 Å². The molecule has 6 rings (SSSR count). The summed E-state index contributed by atoms with van der Waals surface area (Å²) in [7, 11) is 0. The average Bonchev–Trinajstić information content (AvgIpc) is 3.60. The Morgan fingerprint density at radius 1 is 1.00 bits per heavy atom. The van der Waals surface area contributed by atoms with Crippen LogP contribution in [0.4, 0.5) is 16.4 Å². The van der Waals surface area contributed by atoms with Crippen molar-refractivity contribution in [3.05, 3.63) is 72.2 Å². The Balaban J connectivity index is 1.09. The topological polar surface area (TPSA) is 94.6 Å². The van der Waals surface area contributed by atoms with E-state index in [0.717, 1.165) is 21.3 Å². The van der Waals surface area contributed by atoms with Gasteiger partial charge >= 0.3 is 6.09 Å². The van der Waals surface area contributed by atoms with E-state index in [0.29, 0.717) is 18.2 Å². The number of nitrogens with one attached hydrogen (secondary N) is 2. The first-order valence-electron chi connectivity index (χ1n) is 11.1. The quantitative estimate of drug-likeness (QED) is 0.438. The number of rotatable bonds is 5. The Bertz CT molecular complexity index is 1310. The number of fused-ring (bicyclic) bond motifs is 2. The van der Waals surface area contributed by atoms with E-state index in [4.69, 9.17) is 14.2 Å². The van der Waals surface area contributed by atoms with Crippen molar-refractivity contribution in [3.63, 3.8) is 0 Å². The maximum Gasteiger partial charge on any atom is 0.412 e. The molecule has 0 bridgehead atoms. The van der Waals surface area contributed by atoms with Crippen LogP contribution >= 0.6 is 11.3 Å². The van der Waals surface area contributed by atoms with Crippen LogP contribution < -0.4 is 10.6 Å². The van der Waals surface area contributed by atoms with E-state index in [1.165, 1.54) is 0 Å². The number of nitrogens with zero attached hydrogens (tertiary/aromatic N) is 2.